The summed E-state index contributed by atoms with van der Waals surface area (Å²) in [6.45, 7) is 11.6. The number of carboxylic acids is 1. The topological polar surface area (TPSA) is 130 Å². The number of aliphatic carboxylic acids is 1. The lowest BCUT2D eigenvalue weighted by atomic mass is 9.93. The Kier molecular flexibility index (Phi) is 19.5. The van der Waals surface area contributed by atoms with Crippen molar-refractivity contribution in [3.05, 3.63) is 0 Å². The van der Waals surface area contributed by atoms with Crippen LogP contribution in [0.1, 0.15) is 156 Å². The Balaban J connectivity index is 0.000000661. The van der Waals surface area contributed by atoms with E-state index in [1.165, 1.54) is 116 Å². The van der Waals surface area contributed by atoms with Gasteiger partial charge in [0.25, 0.3) is 0 Å². The van der Waals surface area contributed by atoms with Crippen LogP contribution in [0.3, 0.4) is 0 Å². The third kappa shape index (κ3) is 12.1. The molecule has 4 fully saturated rings. The van der Waals surface area contributed by atoms with E-state index < -0.39 is 43.5 Å². The van der Waals surface area contributed by atoms with Crippen LogP contribution in [0.2, 0.25) is 0 Å². The van der Waals surface area contributed by atoms with Gasteiger partial charge in [-0.15, -0.1) is 0 Å². The van der Waals surface area contributed by atoms with Crippen LogP contribution in [0.5, 0.6) is 0 Å². The summed E-state index contributed by atoms with van der Waals surface area (Å²) in [7, 11) is 0. The number of carboxylic acid groups (broad SMARTS) is 1. The van der Waals surface area contributed by atoms with Gasteiger partial charge in [0.1, 0.15) is 6.17 Å². The molecule has 0 aromatic rings. The molecule has 8 unspecified atom stereocenters. The van der Waals surface area contributed by atoms with Crippen LogP contribution in [0.4, 0.5) is 0 Å². The van der Waals surface area contributed by atoms with Gasteiger partial charge < -0.3 is 25.5 Å². The minimum Gasteiger partial charge on any atom is -0.479 e. The van der Waals surface area contributed by atoms with E-state index in [0.29, 0.717) is 24.2 Å². The Bertz CT molecular complexity index is 868. The number of hydrogen-bond donors (Lipinski definition) is 5. The van der Waals surface area contributed by atoms with Crippen LogP contribution >= 0.6 is 0 Å². The molecule has 0 radical (unpaired) electrons. The average Bonchev–Trinajstić information content (AvgIpc) is 3.92. The lowest BCUT2D eigenvalue weighted by Gasteiger charge is -2.43. The fourth-order valence-electron chi connectivity index (χ4n) is 8.19. The van der Waals surface area contributed by atoms with Gasteiger partial charge in [-0.1, -0.05) is 130 Å². The number of nitrogens with zero attached hydrogens (tertiary/aromatic N) is 4. The molecular formula is C40H78N4O6. The van der Waals surface area contributed by atoms with Crippen molar-refractivity contribution in [2.24, 2.45) is 5.41 Å². The number of carbonyl (C=O) groups is 1. The van der Waals surface area contributed by atoms with Crippen molar-refractivity contribution in [1.82, 2.24) is 19.6 Å². The van der Waals surface area contributed by atoms with Gasteiger partial charge in [0, 0.05) is 50.3 Å². The van der Waals surface area contributed by atoms with Crippen molar-refractivity contribution < 1.29 is 30.3 Å². The molecular weight excluding hydrogens is 632 g/mol. The second-order valence-electron chi connectivity index (χ2n) is 16.2. The van der Waals surface area contributed by atoms with Gasteiger partial charge >= 0.3 is 5.97 Å². The Hall–Kier alpha value is -0.850. The first-order valence-corrected chi connectivity index (χ1v) is 21.0. The van der Waals surface area contributed by atoms with Crippen LogP contribution < -0.4 is 0 Å². The number of hydrogen-bond acceptors (Lipinski definition) is 9. The van der Waals surface area contributed by atoms with E-state index in [1.807, 2.05) is 0 Å². The number of aliphatic hydroxyl groups excluding tert-OH is 4. The lowest BCUT2D eigenvalue weighted by molar-refractivity contribution is -0.165. The van der Waals surface area contributed by atoms with E-state index >= 15 is 0 Å². The maximum absolute atomic E-state index is 13.8. The first-order valence-electron chi connectivity index (χ1n) is 21.0. The molecule has 5 N–H and O–H groups in total. The largest absolute Gasteiger partial charge is 0.479 e. The van der Waals surface area contributed by atoms with Gasteiger partial charge in [0.05, 0.1) is 31.8 Å². The highest BCUT2D eigenvalue weighted by atomic mass is 16.4. The molecule has 4 saturated heterocycles. The minimum atomic E-state index is -1.11. The van der Waals surface area contributed by atoms with Crippen molar-refractivity contribution >= 4 is 5.97 Å². The third-order valence-electron chi connectivity index (χ3n) is 12.0. The number of rotatable bonds is 30. The smallest absolute Gasteiger partial charge is 0.342 e. The first kappa shape index (κ1) is 43.6. The predicted octanol–water partition coefficient (Wildman–Crippen LogP) is 5.65. The molecule has 8 atom stereocenters. The van der Waals surface area contributed by atoms with Crippen molar-refractivity contribution in [3.8, 4) is 0 Å². The minimum absolute atomic E-state index is 0.00799. The van der Waals surface area contributed by atoms with E-state index in [2.05, 4.69) is 47.3 Å². The van der Waals surface area contributed by atoms with Gasteiger partial charge in [-0.3, -0.25) is 19.6 Å². The summed E-state index contributed by atoms with van der Waals surface area (Å²) in [5, 5.41) is 45.3. The van der Waals surface area contributed by atoms with Crippen LogP contribution in [0, 0.1) is 5.41 Å². The van der Waals surface area contributed by atoms with Gasteiger partial charge in [-0.25, -0.2) is 4.79 Å². The van der Waals surface area contributed by atoms with Gasteiger partial charge in [0.15, 0.2) is 0 Å². The predicted molar refractivity (Wildman–Crippen MR) is 202 cm³/mol. The van der Waals surface area contributed by atoms with E-state index in [9.17, 15) is 9.90 Å². The molecule has 294 valence electrons. The molecule has 0 aromatic heterocycles. The molecule has 4 aliphatic heterocycles. The average molecular weight is 711 g/mol. The Labute approximate surface area is 305 Å². The summed E-state index contributed by atoms with van der Waals surface area (Å²) in [5.41, 5.74) is -1.98. The first-order chi connectivity index (χ1) is 24.3. The molecule has 10 heteroatoms. The maximum atomic E-state index is 13.8. The molecule has 0 aliphatic carbocycles. The monoisotopic (exact) mass is 711 g/mol. The molecule has 4 aliphatic rings. The van der Waals surface area contributed by atoms with Crippen molar-refractivity contribution in [3.63, 3.8) is 0 Å². The van der Waals surface area contributed by atoms with Crippen molar-refractivity contribution in [1.29, 1.82) is 0 Å². The molecule has 0 saturated carbocycles. The quantitative estimate of drug-likeness (QED) is 0.0471. The molecule has 4 rings (SSSR count). The second kappa shape index (κ2) is 22.4. The fourth-order valence-corrected chi connectivity index (χ4v) is 8.19. The summed E-state index contributed by atoms with van der Waals surface area (Å²) in [6.07, 6.45) is 25.4. The number of aliphatic hydroxyl groups is 4. The second-order valence-corrected chi connectivity index (χ2v) is 16.2. The highest BCUT2D eigenvalue weighted by Crippen LogP contribution is 2.51. The van der Waals surface area contributed by atoms with Crippen LogP contribution in [0.15, 0.2) is 0 Å². The summed E-state index contributed by atoms with van der Waals surface area (Å²) < 4.78 is 0. The Morgan fingerprint density at radius 3 is 1.10 bits per heavy atom. The van der Waals surface area contributed by atoms with Crippen molar-refractivity contribution in [2.45, 2.75) is 192 Å². The summed E-state index contributed by atoms with van der Waals surface area (Å²) in [5.74, 6) is -0.567. The van der Waals surface area contributed by atoms with Crippen molar-refractivity contribution in [2.75, 3.05) is 52.6 Å². The highest BCUT2D eigenvalue weighted by molar-refractivity contribution is 5.81. The molecule has 0 spiro atoms. The summed E-state index contributed by atoms with van der Waals surface area (Å²) in [6, 6.07) is 2.03. The molecule has 0 bridgehead atoms. The molecule has 4 heterocycles. The van der Waals surface area contributed by atoms with Crippen LogP contribution in [0.25, 0.3) is 0 Å². The number of unbranched alkanes of at least 4 members (excludes halogenated alkanes) is 12. The highest BCUT2D eigenvalue weighted by Gasteiger charge is 2.73. The van der Waals surface area contributed by atoms with E-state index in [0.717, 1.165) is 39.0 Å². The molecule has 50 heavy (non-hydrogen) atoms. The molecule has 10 nitrogen and oxygen atoms in total. The summed E-state index contributed by atoms with van der Waals surface area (Å²) >= 11 is 0. The maximum Gasteiger partial charge on any atom is 0.342 e. The lowest BCUT2D eigenvalue weighted by Crippen LogP contribution is -2.67. The van der Waals surface area contributed by atoms with Crippen LogP contribution in [-0.2, 0) is 4.79 Å². The Morgan fingerprint density at radius 1 is 0.520 bits per heavy atom. The third-order valence-corrected chi connectivity index (χ3v) is 12.0. The van der Waals surface area contributed by atoms with E-state index in [-0.39, 0.29) is 6.17 Å². The van der Waals surface area contributed by atoms with Gasteiger partial charge in [0.2, 0.25) is 5.66 Å². The normalized spacial score (nSPS) is 29.8. The zero-order valence-corrected chi connectivity index (χ0v) is 32.6. The van der Waals surface area contributed by atoms with Gasteiger partial charge in [-0.2, -0.15) is 0 Å². The van der Waals surface area contributed by atoms with E-state index in [1.54, 1.807) is 0 Å². The van der Waals surface area contributed by atoms with E-state index in [4.69, 9.17) is 20.4 Å². The molecule has 0 amide bonds. The SMILES string of the molecule is CCCCCCC1CN1C(N1CC1CCCCCC)C(C(=O)O)(N1CC1CCCCCC)N1CC1CCCCCC.OCC(CO)(CO)CO. The molecule has 0 aromatic carbocycles. The standard InChI is InChI=1S/C35H66N4O2.C5H12O4/c1-5-9-13-17-21-29-25-36(29)33(37-26-30(37)22-18-14-10-6-2)35(34(40)41,38-27-31(38)23-19-15-11-7-3)39-28-32(39)24-20-16-12-8-4;6-1-5(2-7,3-8)4-9/h29-33H,5-28H2,1-4H3,(H,40,41);6-9H,1-4H2. The van der Waals surface area contributed by atoms with Crippen LogP contribution in [-0.4, -0.2) is 140 Å². The Morgan fingerprint density at radius 2 is 0.840 bits per heavy atom. The zero-order valence-electron chi connectivity index (χ0n) is 32.6. The zero-order chi connectivity index (χ0) is 36.6. The summed E-state index contributed by atoms with van der Waals surface area (Å²) in [4.78, 5) is 24.0. The van der Waals surface area contributed by atoms with Gasteiger partial charge in [-0.05, 0) is 25.7 Å². The fraction of sp³-hybridized carbons (Fsp3) is 0.975.